The predicted octanol–water partition coefficient (Wildman–Crippen LogP) is 2.55. The molecular weight excluding hydrogens is 288 g/mol. The van der Waals surface area contributed by atoms with Crippen molar-refractivity contribution >= 4 is 20.7 Å². The number of sulfone groups is 1. The molecule has 5 nitrogen and oxygen atoms in total. The third-order valence-corrected chi connectivity index (χ3v) is 5.03. The van der Waals surface area contributed by atoms with Crippen molar-refractivity contribution in [2.24, 2.45) is 0 Å². The molecule has 21 heavy (non-hydrogen) atoms. The number of rotatable bonds is 5. The summed E-state index contributed by atoms with van der Waals surface area (Å²) >= 11 is 0. The minimum absolute atomic E-state index is 0.0212. The van der Waals surface area contributed by atoms with Crippen LogP contribution < -0.4 is 0 Å². The molecule has 0 amide bonds. The van der Waals surface area contributed by atoms with E-state index in [-0.39, 0.29) is 11.3 Å². The van der Waals surface area contributed by atoms with E-state index in [1.54, 1.807) is 26.0 Å². The van der Waals surface area contributed by atoms with Crippen LogP contribution in [0.1, 0.15) is 29.5 Å². The van der Waals surface area contributed by atoms with Crippen LogP contribution in [0.3, 0.4) is 0 Å². The fourth-order valence-electron chi connectivity index (χ4n) is 2.29. The molecule has 1 rings (SSSR count). The maximum Gasteiger partial charge on any atom is 0.451 e. The normalized spacial score (nSPS) is 10.8. The highest BCUT2D eigenvalue weighted by molar-refractivity contribution is 8.08. The molecule has 1 aromatic carbocycles. The fraction of sp³-hybridized carbons (Fsp3) is 0.333. The van der Waals surface area contributed by atoms with Crippen LogP contribution in [0.2, 0.25) is 0 Å². The molecule has 0 aromatic heterocycles. The zero-order valence-corrected chi connectivity index (χ0v) is 13.2. The summed E-state index contributed by atoms with van der Waals surface area (Å²) < 4.78 is 25.2. The Morgan fingerprint density at radius 2 is 1.81 bits per heavy atom. The molecule has 0 unspecified atom stereocenters. The summed E-state index contributed by atoms with van der Waals surface area (Å²) in [6, 6.07) is 3.42. The van der Waals surface area contributed by atoms with E-state index in [2.05, 4.69) is 11.4 Å². The van der Waals surface area contributed by atoms with Gasteiger partial charge in [-0.05, 0) is 38.3 Å². The van der Waals surface area contributed by atoms with Crippen molar-refractivity contribution in [2.45, 2.75) is 38.5 Å². The largest absolute Gasteiger partial charge is 0.451 e. The average Bonchev–Trinajstić information content (AvgIpc) is 2.34. The van der Waals surface area contributed by atoms with Gasteiger partial charge in [0, 0.05) is 6.42 Å². The van der Waals surface area contributed by atoms with Crippen LogP contribution in [0.5, 0.6) is 0 Å². The first-order chi connectivity index (χ1) is 9.75. The molecule has 0 N–H and O–H groups in total. The lowest BCUT2D eigenvalue weighted by Gasteiger charge is -2.09. The van der Waals surface area contributed by atoms with Crippen molar-refractivity contribution in [2.75, 3.05) is 0 Å². The standard InChI is InChI=1S/C15H18N2O3S/c1-5-6-7-13(18)15(17-16)21(19,20)14-11(3)8-10(2)9-12(14)4/h5,8-9H,1,6-7H2,2-4H3. The number of aryl methyl sites for hydroxylation is 3. The zero-order chi connectivity index (χ0) is 16.2. The summed E-state index contributed by atoms with van der Waals surface area (Å²) in [6.45, 7) is 8.62. The van der Waals surface area contributed by atoms with Gasteiger partial charge in [0.15, 0.2) is 0 Å². The highest BCUT2D eigenvalue weighted by Crippen LogP contribution is 2.24. The molecule has 0 atom stereocenters. The summed E-state index contributed by atoms with van der Waals surface area (Å²) in [5, 5.41) is -0.820. The Kier molecular flexibility index (Phi) is 5.35. The van der Waals surface area contributed by atoms with Crippen LogP contribution in [0.4, 0.5) is 0 Å². The summed E-state index contributed by atoms with van der Waals surface area (Å²) in [5.74, 6) is -0.725. The lowest BCUT2D eigenvalue weighted by atomic mass is 10.1. The maximum atomic E-state index is 12.6. The van der Waals surface area contributed by atoms with Gasteiger partial charge < -0.3 is 5.53 Å². The lowest BCUT2D eigenvalue weighted by Crippen LogP contribution is -2.27. The van der Waals surface area contributed by atoms with Crippen LogP contribution >= 0.6 is 0 Å². The molecule has 0 bridgehead atoms. The van der Waals surface area contributed by atoms with Gasteiger partial charge in [0.05, 0.1) is 4.90 Å². The number of carbonyl (C=O) groups excluding carboxylic acids is 1. The van der Waals surface area contributed by atoms with E-state index in [1.165, 1.54) is 6.08 Å². The number of hydrogen-bond donors (Lipinski definition) is 0. The number of benzene rings is 1. The smallest absolute Gasteiger partial charge is 0.360 e. The second-order valence-corrected chi connectivity index (χ2v) is 6.69. The minimum Gasteiger partial charge on any atom is -0.360 e. The third kappa shape index (κ3) is 3.54. The average molecular weight is 306 g/mol. The van der Waals surface area contributed by atoms with E-state index >= 15 is 0 Å². The predicted molar refractivity (Wildman–Crippen MR) is 80.9 cm³/mol. The monoisotopic (exact) mass is 306 g/mol. The molecule has 0 fully saturated rings. The molecule has 0 heterocycles. The molecule has 0 saturated heterocycles. The third-order valence-electron chi connectivity index (χ3n) is 3.03. The number of carbonyl (C=O) groups is 1. The van der Waals surface area contributed by atoms with Crippen LogP contribution in [0.25, 0.3) is 5.53 Å². The quantitative estimate of drug-likeness (QED) is 0.275. The van der Waals surface area contributed by atoms with E-state index < -0.39 is 20.7 Å². The number of hydrogen-bond acceptors (Lipinski definition) is 3. The van der Waals surface area contributed by atoms with Gasteiger partial charge in [-0.3, -0.25) is 4.79 Å². The Balaban J connectivity index is 3.44. The fourth-order valence-corrected chi connectivity index (χ4v) is 3.96. The molecular formula is C15H18N2O3S. The Morgan fingerprint density at radius 3 is 2.24 bits per heavy atom. The number of Topliss-reactive ketones (excluding diaryl/α,β-unsaturated/α-hetero) is 1. The van der Waals surface area contributed by atoms with E-state index in [1.807, 2.05) is 6.92 Å². The minimum atomic E-state index is -4.14. The molecule has 0 saturated carbocycles. The zero-order valence-electron chi connectivity index (χ0n) is 12.4. The maximum absolute atomic E-state index is 12.6. The summed E-state index contributed by atoms with van der Waals surface area (Å²) in [4.78, 5) is 14.7. The molecule has 0 aliphatic rings. The van der Waals surface area contributed by atoms with Gasteiger partial charge in [0.2, 0.25) is 0 Å². The molecule has 112 valence electrons. The summed E-state index contributed by atoms with van der Waals surface area (Å²) in [6.07, 6.45) is 1.76. The van der Waals surface area contributed by atoms with E-state index in [4.69, 9.17) is 5.53 Å². The van der Waals surface area contributed by atoms with Crippen LogP contribution in [0.15, 0.2) is 29.7 Å². The SMILES string of the molecule is C=CCCC(=O)C(=[N+]=[N-])S(=O)(=O)c1c(C)cc(C)cc1C. The van der Waals surface area contributed by atoms with Gasteiger partial charge in [-0.2, -0.15) is 0 Å². The second-order valence-electron chi connectivity index (χ2n) is 4.89. The van der Waals surface area contributed by atoms with Crippen LogP contribution in [0, 0.1) is 20.8 Å². The Labute approximate surface area is 124 Å². The Morgan fingerprint density at radius 1 is 1.29 bits per heavy atom. The first kappa shape index (κ1) is 17.0. The van der Waals surface area contributed by atoms with Gasteiger partial charge in [-0.25, -0.2) is 8.42 Å². The van der Waals surface area contributed by atoms with Crippen molar-refractivity contribution in [3.63, 3.8) is 0 Å². The van der Waals surface area contributed by atoms with Crippen LogP contribution in [-0.4, -0.2) is 24.0 Å². The van der Waals surface area contributed by atoms with E-state index in [0.29, 0.717) is 17.5 Å². The summed E-state index contributed by atoms with van der Waals surface area (Å²) in [5.41, 5.74) is 10.9. The van der Waals surface area contributed by atoms with Gasteiger partial charge in [-0.15, -0.1) is 11.4 Å². The van der Waals surface area contributed by atoms with Gasteiger partial charge in [0.25, 0.3) is 15.6 Å². The molecule has 0 aliphatic heterocycles. The van der Waals surface area contributed by atoms with Crippen molar-refractivity contribution in [1.82, 2.24) is 0 Å². The van der Waals surface area contributed by atoms with Crippen molar-refractivity contribution in [1.29, 1.82) is 0 Å². The van der Waals surface area contributed by atoms with Gasteiger partial charge in [-0.1, -0.05) is 23.8 Å². The van der Waals surface area contributed by atoms with Crippen molar-refractivity contribution in [3.8, 4) is 0 Å². The molecule has 0 radical (unpaired) electrons. The number of allylic oxidation sites excluding steroid dienone is 1. The topological polar surface area (TPSA) is 87.6 Å². The highest BCUT2D eigenvalue weighted by Gasteiger charge is 2.38. The molecule has 0 aliphatic carbocycles. The van der Waals surface area contributed by atoms with Crippen molar-refractivity contribution < 1.29 is 18.0 Å². The van der Waals surface area contributed by atoms with Gasteiger partial charge in [0.1, 0.15) is 0 Å². The number of ketones is 1. The van der Waals surface area contributed by atoms with E-state index in [0.717, 1.165) is 5.56 Å². The van der Waals surface area contributed by atoms with E-state index in [9.17, 15) is 13.2 Å². The summed E-state index contributed by atoms with van der Waals surface area (Å²) in [7, 11) is -4.14. The second kappa shape index (κ2) is 6.61. The Hall–Kier alpha value is -2.04. The lowest BCUT2D eigenvalue weighted by molar-refractivity contribution is -0.116. The highest BCUT2D eigenvalue weighted by atomic mass is 32.2. The molecule has 1 aromatic rings. The number of nitrogens with zero attached hydrogens (tertiary/aromatic N) is 2. The van der Waals surface area contributed by atoms with Gasteiger partial charge >= 0.3 is 5.04 Å². The Bertz CT molecular complexity index is 719. The first-order valence-electron chi connectivity index (χ1n) is 6.44. The molecule has 0 spiro atoms. The molecule has 6 heteroatoms. The first-order valence-corrected chi connectivity index (χ1v) is 7.93. The van der Waals surface area contributed by atoms with Crippen LogP contribution in [-0.2, 0) is 14.6 Å². The van der Waals surface area contributed by atoms with Crippen molar-refractivity contribution in [3.05, 3.63) is 47.0 Å².